The van der Waals surface area contributed by atoms with Gasteiger partial charge in [0.25, 0.3) is 0 Å². The zero-order valence-corrected chi connectivity index (χ0v) is 13.2. The van der Waals surface area contributed by atoms with Crippen LogP contribution in [0.1, 0.15) is 59.3 Å². The molecular weight excluding hydrogens is 252 g/mol. The van der Waals surface area contributed by atoms with Crippen molar-refractivity contribution in [3.8, 4) is 0 Å². The maximum Gasteiger partial charge on any atom is 0.239 e. The van der Waals surface area contributed by atoms with Crippen LogP contribution in [0, 0.1) is 5.92 Å². The highest BCUT2D eigenvalue weighted by Gasteiger charge is 2.36. The summed E-state index contributed by atoms with van der Waals surface area (Å²) in [5.41, 5.74) is -0.826. The molecule has 1 amide bonds. The number of nitrogens with one attached hydrogen (secondary N) is 1. The Hall–Kier alpha value is -0.610. The smallest absolute Gasteiger partial charge is 0.239 e. The third-order valence-corrected chi connectivity index (χ3v) is 4.72. The number of hydrogen-bond acceptors (Lipinski definition) is 3. The molecule has 20 heavy (non-hydrogen) atoms. The summed E-state index contributed by atoms with van der Waals surface area (Å²) in [5.74, 6) is 0.941. The number of likely N-dealkylation sites (N-methyl/N-ethyl adjacent to an activating group) is 1. The Kier molecular flexibility index (Phi) is 5.08. The Morgan fingerprint density at radius 2 is 1.95 bits per heavy atom. The van der Waals surface area contributed by atoms with E-state index < -0.39 is 5.60 Å². The van der Waals surface area contributed by atoms with Crippen molar-refractivity contribution in [2.75, 3.05) is 13.1 Å². The molecule has 3 atom stereocenters. The van der Waals surface area contributed by atoms with E-state index in [1.165, 1.54) is 32.1 Å². The topological polar surface area (TPSA) is 52.6 Å². The van der Waals surface area contributed by atoms with Gasteiger partial charge in [0.15, 0.2) is 0 Å². The van der Waals surface area contributed by atoms with Crippen LogP contribution >= 0.6 is 0 Å². The molecule has 4 heteroatoms. The summed E-state index contributed by atoms with van der Waals surface area (Å²) in [4.78, 5) is 14.4. The van der Waals surface area contributed by atoms with E-state index in [0.717, 1.165) is 12.3 Å². The van der Waals surface area contributed by atoms with Gasteiger partial charge < -0.3 is 15.3 Å². The summed E-state index contributed by atoms with van der Waals surface area (Å²) in [7, 11) is 0. The van der Waals surface area contributed by atoms with Crippen LogP contribution in [-0.2, 0) is 4.79 Å². The fourth-order valence-electron chi connectivity index (χ4n) is 3.72. The SMILES string of the molecule is CCN(CC(C)(C)O)C(=O)C1CCC2CCCCC2N1. The van der Waals surface area contributed by atoms with Crippen molar-refractivity contribution < 1.29 is 9.90 Å². The van der Waals surface area contributed by atoms with Crippen molar-refractivity contribution in [3.05, 3.63) is 0 Å². The summed E-state index contributed by atoms with van der Waals surface area (Å²) in [6, 6.07) is 0.490. The van der Waals surface area contributed by atoms with Crippen LogP contribution in [0.5, 0.6) is 0 Å². The Morgan fingerprint density at radius 3 is 2.60 bits per heavy atom. The molecule has 0 aromatic rings. The minimum atomic E-state index is -0.826. The number of piperidine rings is 1. The molecule has 2 N–H and O–H groups in total. The normalized spacial score (nSPS) is 30.7. The van der Waals surface area contributed by atoms with E-state index in [1.54, 1.807) is 18.7 Å². The van der Waals surface area contributed by atoms with E-state index in [-0.39, 0.29) is 11.9 Å². The molecule has 4 nitrogen and oxygen atoms in total. The lowest BCUT2D eigenvalue weighted by atomic mass is 9.77. The quantitative estimate of drug-likeness (QED) is 0.828. The molecule has 3 unspecified atom stereocenters. The number of hydrogen-bond donors (Lipinski definition) is 2. The van der Waals surface area contributed by atoms with E-state index in [1.807, 2.05) is 6.92 Å². The van der Waals surface area contributed by atoms with E-state index in [2.05, 4.69) is 5.32 Å². The highest BCUT2D eigenvalue weighted by atomic mass is 16.3. The van der Waals surface area contributed by atoms with Crippen molar-refractivity contribution >= 4 is 5.91 Å². The van der Waals surface area contributed by atoms with Gasteiger partial charge in [0, 0.05) is 19.1 Å². The molecule has 1 aliphatic heterocycles. The van der Waals surface area contributed by atoms with Gasteiger partial charge >= 0.3 is 0 Å². The second kappa shape index (κ2) is 6.44. The second-order valence-corrected chi connectivity index (χ2v) is 7.11. The molecule has 2 fully saturated rings. The lowest BCUT2D eigenvalue weighted by Crippen LogP contribution is -2.57. The summed E-state index contributed by atoms with van der Waals surface area (Å²) in [6.45, 7) is 6.57. The lowest BCUT2D eigenvalue weighted by molar-refractivity contribution is -0.137. The fourth-order valence-corrected chi connectivity index (χ4v) is 3.72. The van der Waals surface area contributed by atoms with Gasteiger partial charge in [-0.05, 0) is 52.4 Å². The van der Waals surface area contributed by atoms with Gasteiger partial charge in [-0.25, -0.2) is 0 Å². The average molecular weight is 282 g/mol. The minimum absolute atomic E-state index is 0.0448. The van der Waals surface area contributed by atoms with Crippen molar-refractivity contribution in [2.45, 2.75) is 77.0 Å². The molecule has 0 aromatic carbocycles. The zero-order valence-electron chi connectivity index (χ0n) is 13.2. The number of nitrogens with zero attached hydrogens (tertiary/aromatic N) is 1. The summed E-state index contributed by atoms with van der Waals surface area (Å²) in [5, 5.41) is 13.5. The van der Waals surface area contributed by atoms with Crippen LogP contribution in [-0.4, -0.2) is 46.7 Å². The first-order valence-electron chi connectivity index (χ1n) is 8.18. The molecule has 0 radical (unpaired) electrons. The zero-order chi connectivity index (χ0) is 14.8. The maximum atomic E-state index is 12.6. The van der Waals surface area contributed by atoms with Gasteiger partial charge in [0.05, 0.1) is 11.6 Å². The Labute approximate surface area is 122 Å². The number of rotatable bonds is 4. The molecule has 0 bridgehead atoms. The van der Waals surface area contributed by atoms with Crippen LogP contribution < -0.4 is 5.32 Å². The summed E-state index contributed by atoms with van der Waals surface area (Å²) >= 11 is 0. The molecule has 1 heterocycles. The molecule has 2 rings (SSSR count). The predicted molar refractivity (Wildman–Crippen MR) is 80.5 cm³/mol. The van der Waals surface area contributed by atoms with Gasteiger partial charge in [0.2, 0.25) is 5.91 Å². The van der Waals surface area contributed by atoms with Gasteiger partial charge in [-0.15, -0.1) is 0 Å². The average Bonchev–Trinajstić information content (AvgIpc) is 2.42. The summed E-state index contributed by atoms with van der Waals surface area (Å²) < 4.78 is 0. The van der Waals surface area contributed by atoms with E-state index >= 15 is 0 Å². The standard InChI is InChI=1S/C16H30N2O2/c1-4-18(11-16(2,3)20)15(19)14-10-9-12-7-5-6-8-13(12)17-14/h12-14,17,20H,4-11H2,1-3H3. The first-order chi connectivity index (χ1) is 9.40. The van der Waals surface area contributed by atoms with Crippen molar-refractivity contribution in [3.63, 3.8) is 0 Å². The lowest BCUT2D eigenvalue weighted by Gasteiger charge is -2.41. The second-order valence-electron chi connectivity index (χ2n) is 7.11. The number of carbonyl (C=O) groups excluding carboxylic acids is 1. The van der Waals surface area contributed by atoms with Gasteiger partial charge in [-0.2, -0.15) is 0 Å². The number of fused-ring (bicyclic) bond motifs is 1. The van der Waals surface area contributed by atoms with Gasteiger partial charge in [0.1, 0.15) is 0 Å². The van der Waals surface area contributed by atoms with Crippen molar-refractivity contribution in [2.24, 2.45) is 5.92 Å². The molecule has 1 saturated heterocycles. The summed E-state index contributed by atoms with van der Waals surface area (Å²) in [6.07, 6.45) is 7.29. The third-order valence-electron chi connectivity index (χ3n) is 4.72. The number of carbonyl (C=O) groups is 1. The number of amides is 1. The molecule has 0 aromatic heterocycles. The van der Waals surface area contributed by atoms with Gasteiger partial charge in [-0.1, -0.05) is 12.8 Å². The molecule has 1 saturated carbocycles. The fraction of sp³-hybridized carbons (Fsp3) is 0.938. The van der Waals surface area contributed by atoms with E-state index in [4.69, 9.17) is 0 Å². The van der Waals surface area contributed by atoms with Crippen molar-refractivity contribution in [1.29, 1.82) is 0 Å². The maximum absolute atomic E-state index is 12.6. The monoisotopic (exact) mass is 282 g/mol. The molecule has 0 spiro atoms. The molecule has 116 valence electrons. The highest BCUT2D eigenvalue weighted by molar-refractivity contribution is 5.82. The molecule has 1 aliphatic carbocycles. The molecule has 2 aliphatic rings. The third kappa shape index (κ3) is 3.95. The highest BCUT2D eigenvalue weighted by Crippen LogP contribution is 2.32. The van der Waals surface area contributed by atoms with Crippen LogP contribution in [0.2, 0.25) is 0 Å². The predicted octanol–water partition coefficient (Wildman–Crippen LogP) is 1.92. The first-order valence-corrected chi connectivity index (χ1v) is 8.18. The Bertz CT molecular complexity index is 338. The molecular formula is C16H30N2O2. The number of aliphatic hydroxyl groups is 1. The van der Waals surface area contributed by atoms with E-state index in [9.17, 15) is 9.90 Å². The van der Waals surface area contributed by atoms with Crippen LogP contribution in [0.3, 0.4) is 0 Å². The minimum Gasteiger partial charge on any atom is -0.389 e. The van der Waals surface area contributed by atoms with Crippen molar-refractivity contribution in [1.82, 2.24) is 10.2 Å². The largest absolute Gasteiger partial charge is 0.389 e. The van der Waals surface area contributed by atoms with Crippen LogP contribution in [0.15, 0.2) is 0 Å². The Morgan fingerprint density at radius 1 is 1.25 bits per heavy atom. The first kappa shape index (κ1) is 15.8. The van der Waals surface area contributed by atoms with Gasteiger partial charge in [-0.3, -0.25) is 4.79 Å². The Balaban J connectivity index is 1.94. The van der Waals surface area contributed by atoms with Crippen LogP contribution in [0.4, 0.5) is 0 Å². The van der Waals surface area contributed by atoms with E-state index in [0.29, 0.717) is 19.1 Å². The van der Waals surface area contributed by atoms with Crippen LogP contribution in [0.25, 0.3) is 0 Å².